The number of amides is 2. The molecule has 2 amide bonds. The second-order valence-corrected chi connectivity index (χ2v) is 6.96. The van der Waals surface area contributed by atoms with E-state index in [1.54, 1.807) is 21.0 Å². The van der Waals surface area contributed by atoms with Crippen molar-refractivity contribution in [3.05, 3.63) is 34.7 Å². The van der Waals surface area contributed by atoms with E-state index in [-0.39, 0.29) is 24.1 Å². The summed E-state index contributed by atoms with van der Waals surface area (Å²) in [6, 6.07) is 7.55. The summed E-state index contributed by atoms with van der Waals surface area (Å²) in [7, 11) is 0. The highest BCUT2D eigenvalue weighted by atomic mass is 16.5. The summed E-state index contributed by atoms with van der Waals surface area (Å²) in [5.41, 5.74) is 1.65. The van der Waals surface area contributed by atoms with Gasteiger partial charge < -0.3 is 15.0 Å². The summed E-state index contributed by atoms with van der Waals surface area (Å²) >= 11 is 0. The first kappa shape index (κ1) is 20.0. The Balaban J connectivity index is 1.64. The van der Waals surface area contributed by atoms with Crippen LogP contribution in [0.15, 0.2) is 29.1 Å². The van der Waals surface area contributed by atoms with Crippen molar-refractivity contribution in [3.63, 3.8) is 0 Å². The van der Waals surface area contributed by atoms with E-state index in [9.17, 15) is 14.4 Å². The van der Waals surface area contributed by atoms with Crippen molar-refractivity contribution in [1.82, 2.24) is 19.4 Å². The fourth-order valence-electron chi connectivity index (χ4n) is 3.82. The van der Waals surface area contributed by atoms with E-state index in [0.29, 0.717) is 32.8 Å². The molecule has 1 aliphatic rings. The number of carbonyl (C=O) groups is 2. The maximum Gasteiger partial charge on any atom is 0.407 e. The predicted molar refractivity (Wildman–Crippen MR) is 106 cm³/mol. The van der Waals surface area contributed by atoms with Gasteiger partial charge in [0.25, 0.3) is 0 Å². The maximum atomic E-state index is 12.7. The molecule has 1 aromatic carbocycles. The highest BCUT2D eigenvalue weighted by molar-refractivity contribution is 5.78. The fourth-order valence-corrected chi connectivity index (χ4v) is 3.82. The molecule has 28 heavy (non-hydrogen) atoms. The van der Waals surface area contributed by atoms with Gasteiger partial charge in [-0.2, -0.15) is 0 Å². The van der Waals surface area contributed by atoms with E-state index in [1.165, 1.54) is 0 Å². The minimum absolute atomic E-state index is 0.00408. The van der Waals surface area contributed by atoms with Gasteiger partial charge in [0.05, 0.1) is 17.6 Å². The quantitative estimate of drug-likeness (QED) is 0.820. The normalized spacial score (nSPS) is 16.9. The van der Waals surface area contributed by atoms with Crippen molar-refractivity contribution in [3.8, 4) is 0 Å². The molecule has 2 aromatic rings. The van der Waals surface area contributed by atoms with Gasteiger partial charge in [0.15, 0.2) is 0 Å². The van der Waals surface area contributed by atoms with E-state index in [2.05, 4.69) is 5.32 Å². The Kier molecular flexibility index (Phi) is 6.38. The number of para-hydroxylation sites is 2. The van der Waals surface area contributed by atoms with Gasteiger partial charge in [0, 0.05) is 38.6 Å². The Morgan fingerprint density at radius 1 is 1.18 bits per heavy atom. The molecule has 1 unspecified atom stereocenters. The van der Waals surface area contributed by atoms with E-state index in [1.807, 2.05) is 31.2 Å². The van der Waals surface area contributed by atoms with Gasteiger partial charge in [-0.05, 0) is 38.8 Å². The van der Waals surface area contributed by atoms with E-state index in [4.69, 9.17) is 4.74 Å². The smallest absolute Gasteiger partial charge is 0.407 e. The van der Waals surface area contributed by atoms with Crippen LogP contribution in [0.4, 0.5) is 4.79 Å². The van der Waals surface area contributed by atoms with Crippen LogP contribution in [0.5, 0.6) is 0 Å². The summed E-state index contributed by atoms with van der Waals surface area (Å²) in [5, 5.41) is 2.81. The van der Waals surface area contributed by atoms with E-state index in [0.717, 1.165) is 23.9 Å². The predicted octanol–water partition coefficient (Wildman–Crippen LogP) is 1.95. The zero-order valence-corrected chi connectivity index (χ0v) is 16.5. The number of benzene rings is 1. The Bertz CT molecular complexity index is 901. The molecule has 0 aliphatic carbocycles. The van der Waals surface area contributed by atoms with Crippen molar-refractivity contribution in [2.24, 2.45) is 0 Å². The van der Waals surface area contributed by atoms with Crippen molar-refractivity contribution in [1.29, 1.82) is 0 Å². The molecule has 0 saturated carbocycles. The molecule has 8 heteroatoms. The van der Waals surface area contributed by atoms with Crippen molar-refractivity contribution in [2.75, 3.05) is 19.7 Å². The number of aryl methyl sites for hydroxylation is 2. The fraction of sp³-hybridized carbons (Fsp3) is 0.550. The molecule has 1 saturated heterocycles. The molecule has 1 aromatic heterocycles. The van der Waals surface area contributed by atoms with E-state index < -0.39 is 6.09 Å². The van der Waals surface area contributed by atoms with Crippen molar-refractivity contribution in [2.45, 2.75) is 52.2 Å². The SMILES string of the molecule is CCOC(=O)NC1CCCN(C(=O)CCn2c(=O)n(CC)c3ccccc32)C1. The Labute approximate surface area is 164 Å². The van der Waals surface area contributed by atoms with Gasteiger partial charge >= 0.3 is 11.8 Å². The van der Waals surface area contributed by atoms with Crippen LogP contribution < -0.4 is 11.0 Å². The second-order valence-electron chi connectivity index (χ2n) is 6.96. The van der Waals surface area contributed by atoms with Crippen LogP contribution in [0.1, 0.15) is 33.1 Å². The summed E-state index contributed by atoms with van der Waals surface area (Å²) < 4.78 is 8.32. The number of rotatable bonds is 6. The average molecular weight is 388 g/mol. The molecule has 0 radical (unpaired) electrons. The lowest BCUT2D eigenvalue weighted by Crippen LogP contribution is -2.49. The first-order chi connectivity index (χ1) is 13.5. The summed E-state index contributed by atoms with van der Waals surface area (Å²) in [6.45, 7) is 6.10. The molecule has 1 N–H and O–H groups in total. The first-order valence-electron chi connectivity index (χ1n) is 9.94. The lowest BCUT2D eigenvalue weighted by molar-refractivity contribution is -0.132. The second kappa shape index (κ2) is 8.95. The van der Waals surface area contributed by atoms with E-state index >= 15 is 0 Å². The number of carbonyl (C=O) groups excluding carboxylic acids is 2. The molecular weight excluding hydrogens is 360 g/mol. The molecule has 152 valence electrons. The van der Waals surface area contributed by atoms with Crippen LogP contribution in [-0.2, 0) is 22.6 Å². The number of ether oxygens (including phenoxy) is 1. The number of alkyl carbamates (subject to hydrolysis) is 1. The van der Waals surface area contributed by atoms with Crippen LogP contribution in [0.25, 0.3) is 11.0 Å². The number of fused-ring (bicyclic) bond motifs is 1. The summed E-state index contributed by atoms with van der Waals surface area (Å²) in [4.78, 5) is 38.8. The van der Waals surface area contributed by atoms with Gasteiger partial charge in [-0.1, -0.05) is 12.1 Å². The molecule has 3 rings (SSSR count). The molecule has 1 fully saturated rings. The molecule has 2 heterocycles. The van der Waals surface area contributed by atoms with Crippen LogP contribution in [0.3, 0.4) is 0 Å². The standard InChI is InChI=1S/C20H28N4O4/c1-3-23-16-9-5-6-10-17(16)24(20(23)27)13-11-18(25)22-12-7-8-15(14-22)21-19(26)28-4-2/h5-6,9-10,15H,3-4,7-8,11-14H2,1-2H3,(H,21,26). The summed E-state index contributed by atoms with van der Waals surface area (Å²) in [5.74, 6) is -0.00408. The highest BCUT2D eigenvalue weighted by Crippen LogP contribution is 2.15. The minimum atomic E-state index is -0.444. The van der Waals surface area contributed by atoms with Crippen molar-refractivity contribution >= 4 is 23.0 Å². The zero-order chi connectivity index (χ0) is 20.1. The van der Waals surface area contributed by atoms with Gasteiger partial charge in [-0.15, -0.1) is 0 Å². The summed E-state index contributed by atoms with van der Waals surface area (Å²) in [6.07, 6.45) is 1.47. The van der Waals surface area contributed by atoms with Gasteiger partial charge in [0.1, 0.15) is 0 Å². The van der Waals surface area contributed by atoms with Crippen LogP contribution in [-0.4, -0.2) is 51.8 Å². The number of hydrogen-bond donors (Lipinski definition) is 1. The number of piperidine rings is 1. The molecule has 8 nitrogen and oxygen atoms in total. The number of hydrogen-bond acceptors (Lipinski definition) is 4. The third kappa shape index (κ3) is 4.21. The van der Waals surface area contributed by atoms with Crippen LogP contribution in [0, 0.1) is 0 Å². The number of likely N-dealkylation sites (tertiary alicyclic amines) is 1. The average Bonchev–Trinajstić information content (AvgIpc) is 2.97. The lowest BCUT2D eigenvalue weighted by Gasteiger charge is -2.33. The Hall–Kier alpha value is -2.77. The third-order valence-electron chi connectivity index (χ3n) is 5.16. The largest absolute Gasteiger partial charge is 0.450 e. The zero-order valence-electron chi connectivity index (χ0n) is 16.5. The topological polar surface area (TPSA) is 85.6 Å². The van der Waals surface area contributed by atoms with Crippen molar-refractivity contribution < 1.29 is 14.3 Å². The number of nitrogens with one attached hydrogen (secondary N) is 1. The first-order valence-corrected chi connectivity index (χ1v) is 9.94. The molecular formula is C20H28N4O4. The van der Waals surface area contributed by atoms with Gasteiger partial charge in [0.2, 0.25) is 5.91 Å². The lowest BCUT2D eigenvalue weighted by atomic mass is 10.1. The maximum absolute atomic E-state index is 12.7. The van der Waals surface area contributed by atoms with Crippen LogP contribution in [0.2, 0.25) is 0 Å². The molecule has 0 spiro atoms. The molecule has 1 atom stereocenters. The monoisotopic (exact) mass is 388 g/mol. The minimum Gasteiger partial charge on any atom is -0.450 e. The molecule has 0 bridgehead atoms. The van der Waals surface area contributed by atoms with Gasteiger partial charge in [-0.3, -0.25) is 13.9 Å². The number of aromatic nitrogens is 2. The highest BCUT2D eigenvalue weighted by Gasteiger charge is 2.25. The Morgan fingerprint density at radius 2 is 1.89 bits per heavy atom. The van der Waals surface area contributed by atoms with Crippen LogP contribution >= 0.6 is 0 Å². The number of imidazole rings is 1. The molecule has 1 aliphatic heterocycles. The van der Waals surface area contributed by atoms with Gasteiger partial charge in [-0.25, -0.2) is 9.59 Å². The number of nitrogens with zero attached hydrogens (tertiary/aromatic N) is 3. The third-order valence-corrected chi connectivity index (χ3v) is 5.16. The Morgan fingerprint density at radius 3 is 2.57 bits per heavy atom.